The van der Waals surface area contributed by atoms with Gasteiger partial charge in [0, 0.05) is 5.69 Å². The molecule has 2 rings (SSSR count). The van der Waals surface area contributed by atoms with Gasteiger partial charge in [-0.2, -0.15) is 4.72 Å². The number of carbonyl (C=O) groups excluding carboxylic acids is 1. The van der Waals surface area contributed by atoms with E-state index < -0.39 is 22.0 Å². The van der Waals surface area contributed by atoms with Gasteiger partial charge in [-0.1, -0.05) is 17.7 Å². The number of hydrogen-bond donors (Lipinski definition) is 2. The Labute approximate surface area is 149 Å². The van der Waals surface area contributed by atoms with E-state index in [-0.39, 0.29) is 4.21 Å². The lowest BCUT2D eigenvalue weighted by Gasteiger charge is -2.14. The molecule has 2 N–H and O–H groups in total. The molecule has 1 heterocycles. The van der Waals surface area contributed by atoms with Crippen molar-refractivity contribution in [1.82, 2.24) is 4.72 Å². The fourth-order valence-corrected chi connectivity index (χ4v) is 4.31. The van der Waals surface area contributed by atoms with Crippen molar-refractivity contribution in [2.24, 2.45) is 0 Å². The van der Waals surface area contributed by atoms with Gasteiger partial charge in [-0.05, 0) is 43.5 Å². The van der Waals surface area contributed by atoms with Gasteiger partial charge in [-0.15, -0.1) is 11.3 Å². The van der Waals surface area contributed by atoms with E-state index in [9.17, 15) is 13.2 Å². The predicted molar refractivity (Wildman–Crippen MR) is 95.4 cm³/mol. The molecule has 1 aromatic heterocycles. The lowest BCUT2D eigenvalue weighted by Crippen LogP contribution is -2.41. The van der Waals surface area contributed by atoms with Crippen molar-refractivity contribution >= 4 is 44.6 Å². The fraction of sp³-hybridized carbons (Fsp3) is 0.267. The van der Waals surface area contributed by atoms with Crippen molar-refractivity contribution in [1.29, 1.82) is 0 Å². The number of anilines is 1. The SMILES string of the molecule is CCOc1ccc(NC(=O)C(C)NS(=O)(=O)c2cccs2)cc1Cl. The third-order valence-electron chi connectivity index (χ3n) is 2.98. The highest BCUT2D eigenvalue weighted by Crippen LogP contribution is 2.27. The fourth-order valence-electron chi connectivity index (χ4n) is 1.86. The Hall–Kier alpha value is -1.61. The Balaban J connectivity index is 2.03. The molecule has 130 valence electrons. The smallest absolute Gasteiger partial charge is 0.250 e. The van der Waals surface area contributed by atoms with Crippen molar-refractivity contribution in [3.63, 3.8) is 0 Å². The number of ether oxygens (including phenoxy) is 1. The molecule has 6 nitrogen and oxygen atoms in total. The van der Waals surface area contributed by atoms with Crippen LogP contribution in [0.3, 0.4) is 0 Å². The lowest BCUT2D eigenvalue weighted by atomic mass is 10.2. The first kappa shape index (κ1) is 18.7. The van der Waals surface area contributed by atoms with Gasteiger partial charge in [-0.25, -0.2) is 8.42 Å². The van der Waals surface area contributed by atoms with Crippen LogP contribution >= 0.6 is 22.9 Å². The maximum Gasteiger partial charge on any atom is 0.250 e. The summed E-state index contributed by atoms with van der Waals surface area (Å²) >= 11 is 7.14. The maximum atomic E-state index is 12.2. The molecular formula is C15H17ClN2O4S2. The summed E-state index contributed by atoms with van der Waals surface area (Å²) in [5.41, 5.74) is 0.454. The minimum absolute atomic E-state index is 0.159. The van der Waals surface area contributed by atoms with E-state index in [4.69, 9.17) is 16.3 Å². The van der Waals surface area contributed by atoms with Crippen LogP contribution in [-0.4, -0.2) is 27.0 Å². The number of benzene rings is 1. The monoisotopic (exact) mass is 388 g/mol. The van der Waals surface area contributed by atoms with Crippen molar-refractivity contribution in [2.45, 2.75) is 24.1 Å². The zero-order valence-corrected chi connectivity index (χ0v) is 15.5. The van der Waals surface area contributed by atoms with Crippen molar-refractivity contribution in [3.8, 4) is 5.75 Å². The van der Waals surface area contributed by atoms with Crippen LogP contribution in [0.5, 0.6) is 5.75 Å². The third kappa shape index (κ3) is 4.70. The summed E-state index contributed by atoms with van der Waals surface area (Å²) in [4.78, 5) is 12.2. The van der Waals surface area contributed by atoms with E-state index in [1.54, 1.807) is 29.6 Å². The molecule has 0 bridgehead atoms. The highest BCUT2D eigenvalue weighted by molar-refractivity contribution is 7.91. The normalized spacial score (nSPS) is 12.6. The molecule has 1 amide bonds. The van der Waals surface area contributed by atoms with Crippen LogP contribution in [0.2, 0.25) is 5.02 Å². The van der Waals surface area contributed by atoms with Crippen LogP contribution in [0.15, 0.2) is 39.9 Å². The molecule has 1 aromatic carbocycles. The van der Waals surface area contributed by atoms with Gasteiger partial charge < -0.3 is 10.1 Å². The summed E-state index contributed by atoms with van der Waals surface area (Å²) in [6, 6.07) is 6.99. The van der Waals surface area contributed by atoms with Crippen LogP contribution < -0.4 is 14.8 Å². The van der Waals surface area contributed by atoms with Crippen molar-refractivity contribution < 1.29 is 17.9 Å². The highest BCUT2D eigenvalue weighted by atomic mass is 35.5. The van der Waals surface area contributed by atoms with E-state index in [2.05, 4.69) is 10.0 Å². The number of nitrogens with one attached hydrogen (secondary N) is 2. The Kier molecular flexibility index (Phi) is 6.22. The average Bonchev–Trinajstić information content (AvgIpc) is 3.05. The molecule has 9 heteroatoms. The summed E-state index contributed by atoms with van der Waals surface area (Å²) < 4.78 is 32.0. The molecule has 0 aliphatic heterocycles. The molecular weight excluding hydrogens is 372 g/mol. The number of thiophene rings is 1. The van der Waals surface area contributed by atoms with Gasteiger partial charge >= 0.3 is 0 Å². The number of rotatable bonds is 7. The molecule has 0 saturated heterocycles. The van der Waals surface area contributed by atoms with Gasteiger partial charge in [0.1, 0.15) is 9.96 Å². The van der Waals surface area contributed by atoms with E-state index in [1.807, 2.05) is 6.92 Å². The second-order valence-corrected chi connectivity index (χ2v) is 8.14. The molecule has 0 radical (unpaired) electrons. The Bertz CT molecular complexity index is 807. The molecule has 1 atom stereocenters. The average molecular weight is 389 g/mol. The Morgan fingerprint density at radius 1 is 1.38 bits per heavy atom. The van der Waals surface area contributed by atoms with Crippen LogP contribution in [0.1, 0.15) is 13.8 Å². The molecule has 0 saturated carbocycles. The number of halogens is 1. The molecule has 0 fully saturated rings. The second kappa shape index (κ2) is 7.98. The molecule has 0 aliphatic rings. The summed E-state index contributed by atoms with van der Waals surface area (Å²) in [5, 5.41) is 4.63. The maximum absolute atomic E-state index is 12.2. The van der Waals surface area contributed by atoms with Gasteiger partial charge in [0.15, 0.2) is 0 Å². The summed E-state index contributed by atoms with van der Waals surface area (Å²) in [6.45, 7) is 3.79. The van der Waals surface area contributed by atoms with Crippen molar-refractivity contribution in [3.05, 3.63) is 40.7 Å². The molecule has 0 spiro atoms. The molecule has 0 aliphatic carbocycles. The number of hydrogen-bond acceptors (Lipinski definition) is 5. The minimum atomic E-state index is -3.71. The second-order valence-electron chi connectivity index (χ2n) is 4.84. The van der Waals surface area contributed by atoms with Crippen LogP contribution in [0.4, 0.5) is 5.69 Å². The third-order valence-corrected chi connectivity index (χ3v) is 6.22. The summed E-state index contributed by atoms with van der Waals surface area (Å²) in [7, 11) is -3.71. The van der Waals surface area contributed by atoms with Crippen LogP contribution in [0, 0.1) is 0 Å². The van der Waals surface area contributed by atoms with Gasteiger partial charge in [0.2, 0.25) is 5.91 Å². The standard InChI is InChI=1S/C15H17ClN2O4S2/c1-3-22-13-7-6-11(9-12(13)16)17-15(19)10(2)18-24(20,21)14-5-4-8-23-14/h4-10,18H,3H2,1-2H3,(H,17,19). The zero-order chi connectivity index (χ0) is 17.7. The first-order chi connectivity index (χ1) is 11.3. The van der Waals surface area contributed by atoms with Crippen molar-refractivity contribution in [2.75, 3.05) is 11.9 Å². The summed E-state index contributed by atoms with van der Waals surface area (Å²) in [5.74, 6) is 0.0268. The lowest BCUT2D eigenvalue weighted by molar-refractivity contribution is -0.117. The Morgan fingerprint density at radius 2 is 2.12 bits per heavy atom. The van der Waals surface area contributed by atoms with E-state index >= 15 is 0 Å². The zero-order valence-electron chi connectivity index (χ0n) is 13.1. The minimum Gasteiger partial charge on any atom is -0.492 e. The Morgan fingerprint density at radius 3 is 2.71 bits per heavy atom. The quantitative estimate of drug-likeness (QED) is 0.763. The first-order valence-electron chi connectivity index (χ1n) is 7.12. The van der Waals surface area contributed by atoms with Gasteiger partial charge in [0.05, 0.1) is 17.7 Å². The first-order valence-corrected chi connectivity index (χ1v) is 9.86. The topological polar surface area (TPSA) is 84.5 Å². The number of amides is 1. The molecule has 24 heavy (non-hydrogen) atoms. The molecule has 2 aromatic rings. The molecule has 1 unspecified atom stereocenters. The highest BCUT2D eigenvalue weighted by Gasteiger charge is 2.23. The van der Waals surface area contributed by atoms with Crippen LogP contribution in [0.25, 0.3) is 0 Å². The summed E-state index contributed by atoms with van der Waals surface area (Å²) in [6.07, 6.45) is 0. The van der Waals surface area contributed by atoms with E-state index in [1.165, 1.54) is 13.0 Å². The number of sulfonamides is 1. The predicted octanol–water partition coefficient (Wildman–Crippen LogP) is 3.11. The van der Waals surface area contributed by atoms with Crippen LogP contribution in [-0.2, 0) is 14.8 Å². The largest absolute Gasteiger partial charge is 0.492 e. The van der Waals surface area contributed by atoms with Gasteiger partial charge in [0.25, 0.3) is 10.0 Å². The van der Waals surface area contributed by atoms with E-state index in [0.717, 1.165) is 11.3 Å². The van der Waals surface area contributed by atoms with Gasteiger partial charge in [-0.3, -0.25) is 4.79 Å². The van der Waals surface area contributed by atoms with E-state index in [0.29, 0.717) is 23.1 Å². The number of carbonyl (C=O) groups is 1.